The van der Waals surface area contributed by atoms with E-state index in [4.69, 9.17) is 0 Å². The van der Waals surface area contributed by atoms with Crippen molar-refractivity contribution >= 4 is 11.7 Å². The summed E-state index contributed by atoms with van der Waals surface area (Å²) >= 11 is 0. The van der Waals surface area contributed by atoms with Gasteiger partial charge in [0.1, 0.15) is 0 Å². The van der Waals surface area contributed by atoms with Crippen molar-refractivity contribution in [3.05, 3.63) is 29.3 Å². The predicted octanol–water partition coefficient (Wildman–Crippen LogP) is 4.07. The predicted molar refractivity (Wildman–Crippen MR) is 80.2 cm³/mol. The van der Waals surface area contributed by atoms with Crippen LogP contribution in [0.25, 0.3) is 0 Å². The van der Waals surface area contributed by atoms with Crippen molar-refractivity contribution < 1.29 is 9.90 Å². The summed E-state index contributed by atoms with van der Waals surface area (Å²) in [5.74, 6) is 1.03. The molecule has 0 aromatic heterocycles. The molecule has 0 bridgehead atoms. The van der Waals surface area contributed by atoms with Crippen molar-refractivity contribution in [1.82, 2.24) is 0 Å². The lowest BCUT2D eigenvalue weighted by Gasteiger charge is -2.31. The van der Waals surface area contributed by atoms with E-state index in [1.54, 1.807) is 6.07 Å². The highest BCUT2D eigenvalue weighted by Crippen LogP contribution is 2.44. The van der Waals surface area contributed by atoms with Crippen molar-refractivity contribution in [1.29, 1.82) is 0 Å². The summed E-state index contributed by atoms with van der Waals surface area (Å²) in [4.78, 5) is 11.2. The molecule has 0 amide bonds. The Morgan fingerprint density at radius 2 is 2.00 bits per heavy atom. The molecule has 0 radical (unpaired) electrons. The van der Waals surface area contributed by atoms with E-state index >= 15 is 0 Å². The summed E-state index contributed by atoms with van der Waals surface area (Å²) in [6.45, 7) is 1.90. The first-order chi connectivity index (χ1) is 9.65. The van der Waals surface area contributed by atoms with Gasteiger partial charge in [-0.3, -0.25) is 0 Å². The number of hydrogen-bond donors (Lipinski definition) is 2. The monoisotopic (exact) mass is 273 g/mol. The Bertz CT molecular complexity index is 508. The van der Waals surface area contributed by atoms with Gasteiger partial charge < -0.3 is 10.4 Å². The van der Waals surface area contributed by atoms with E-state index in [1.807, 2.05) is 19.1 Å². The fraction of sp³-hybridized carbons (Fsp3) is 0.588. The highest BCUT2D eigenvalue weighted by molar-refractivity contribution is 5.91. The fourth-order valence-electron chi connectivity index (χ4n) is 3.60. The van der Waals surface area contributed by atoms with E-state index in [0.717, 1.165) is 23.1 Å². The second-order valence-electron chi connectivity index (χ2n) is 6.39. The van der Waals surface area contributed by atoms with E-state index in [9.17, 15) is 9.90 Å². The third-order valence-corrected chi connectivity index (χ3v) is 4.93. The van der Waals surface area contributed by atoms with Gasteiger partial charge in [-0.2, -0.15) is 0 Å². The Balaban J connectivity index is 1.70. The molecule has 2 aliphatic rings. The van der Waals surface area contributed by atoms with Crippen LogP contribution in [0.2, 0.25) is 0 Å². The zero-order valence-corrected chi connectivity index (χ0v) is 12.1. The molecule has 3 heteroatoms. The maximum absolute atomic E-state index is 11.2. The normalized spacial score (nSPS) is 26.2. The van der Waals surface area contributed by atoms with Gasteiger partial charge in [0, 0.05) is 11.7 Å². The molecule has 3 nitrogen and oxygen atoms in total. The van der Waals surface area contributed by atoms with Crippen LogP contribution in [0, 0.1) is 18.8 Å². The lowest BCUT2D eigenvalue weighted by molar-refractivity contribution is 0.0696. The molecule has 0 aliphatic heterocycles. The average Bonchev–Trinajstić information content (AvgIpc) is 3.25. The summed E-state index contributed by atoms with van der Waals surface area (Å²) in [6.07, 6.45) is 7.99. The molecule has 2 aliphatic carbocycles. The number of rotatable bonds is 4. The zero-order valence-electron chi connectivity index (χ0n) is 12.1. The summed E-state index contributed by atoms with van der Waals surface area (Å²) in [6, 6.07) is 6.02. The first-order valence-electron chi connectivity index (χ1n) is 7.74. The maximum Gasteiger partial charge on any atom is 0.336 e. The highest BCUT2D eigenvalue weighted by Gasteiger charge is 2.34. The Labute approximate surface area is 120 Å². The molecule has 1 aromatic rings. The smallest absolute Gasteiger partial charge is 0.336 e. The number of carboxylic acid groups (broad SMARTS) is 1. The van der Waals surface area contributed by atoms with Gasteiger partial charge in [-0.25, -0.2) is 4.79 Å². The number of hydrogen-bond acceptors (Lipinski definition) is 2. The third kappa shape index (κ3) is 2.82. The highest BCUT2D eigenvalue weighted by atomic mass is 16.4. The van der Waals surface area contributed by atoms with Gasteiger partial charge in [-0.1, -0.05) is 18.9 Å². The average molecular weight is 273 g/mol. The topological polar surface area (TPSA) is 49.3 Å². The van der Waals surface area contributed by atoms with E-state index in [0.29, 0.717) is 11.6 Å². The van der Waals surface area contributed by atoms with Crippen LogP contribution in [0.1, 0.15) is 54.4 Å². The molecular weight excluding hydrogens is 250 g/mol. The van der Waals surface area contributed by atoms with Gasteiger partial charge in [0.15, 0.2) is 0 Å². The number of carboxylic acids is 1. The molecule has 2 unspecified atom stereocenters. The van der Waals surface area contributed by atoms with E-state index in [2.05, 4.69) is 5.32 Å². The quantitative estimate of drug-likeness (QED) is 0.869. The van der Waals surface area contributed by atoms with Crippen molar-refractivity contribution in [2.75, 3.05) is 5.32 Å². The maximum atomic E-state index is 11.2. The largest absolute Gasteiger partial charge is 0.478 e. The molecule has 0 saturated heterocycles. The molecule has 3 rings (SSSR count). The van der Waals surface area contributed by atoms with Crippen LogP contribution in [0.3, 0.4) is 0 Å². The SMILES string of the molecule is Cc1c(NC2CCCC(C3CC3)C2)cccc1C(=O)O. The first-order valence-corrected chi connectivity index (χ1v) is 7.74. The second kappa shape index (κ2) is 5.47. The number of aromatic carboxylic acids is 1. The summed E-state index contributed by atoms with van der Waals surface area (Å²) in [5.41, 5.74) is 2.25. The molecule has 2 N–H and O–H groups in total. The molecule has 108 valence electrons. The van der Waals surface area contributed by atoms with Crippen LogP contribution >= 0.6 is 0 Å². The Kier molecular flexibility index (Phi) is 3.68. The van der Waals surface area contributed by atoms with Gasteiger partial charge in [0.05, 0.1) is 5.56 Å². The molecule has 0 spiro atoms. The number of anilines is 1. The Hall–Kier alpha value is -1.51. The zero-order chi connectivity index (χ0) is 14.1. The Morgan fingerprint density at radius 1 is 1.20 bits per heavy atom. The third-order valence-electron chi connectivity index (χ3n) is 4.93. The van der Waals surface area contributed by atoms with Crippen LogP contribution in [0.15, 0.2) is 18.2 Å². The van der Waals surface area contributed by atoms with Crippen molar-refractivity contribution in [3.8, 4) is 0 Å². The minimum atomic E-state index is -0.842. The van der Waals surface area contributed by atoms with Crippen molar-refractivity contribution in [2.45, 2.75) is 51.5 Å². The summed E-state index contributed by atoms with van der Waals surface area (Å²) in [7, 11) is 0. The minimum Gasteiger partial charge on any atom is -0.478 e. The van der Waals surface area contributed by atoms with Gasteiger partial charge in [0.25, 0.3) is 0 Å². The fourth-order valence-corrected chi connectivity index (χ4v) is 3.60. The lowest BCUT2D eigenvalue weighted by atomic mass is 9.82. The van der Waals surface area contributed by atoms with Crippen LogP contribution < -0.4 is 5.32 Å². The van der Waals surface area contributed by atoms with Crippen molar-refractivity contribution in [3.63, 3.8) is 0 Å². The standard InChI is InChI=1S/C17H23NO2/c1-11-15(17(19)20)6-3-7-16(11)18-14-5-2-4-13(10-14)12-8-9-12/h3,6-7,12-14,18H,2,4-5,8-10H2,1H3,(H,19,20). The van der Waals surface area contributed by atoms with Crippen LogP contribution in [0.4, 0.5) is 5.69 Å². The molecule has 2 fully saturated rings. The van der Waals surface area contributed by atoms with Crippen LogP contribution in [-0.4, -0.2) is 17.1 Å². The summed E-state index contributed by atoms with van der Waals surface area (Å²) in [5, 5.41) is 12.8. The van der Waals surface area contributed by atoms with E-state index in [-0.39, 0.29) is 0 Å². The molecular formula is C17H23NO2. The second-order valence-corrected chi connectivity index (χ2v) is 6.39. The number of carbonyl (C=O) groups is 1. The minimum absolute atomic E-state index is 0.407. The molecule has 1 aromatic carbocycles. The molecule has 0 heterocycles. The molecule has 2 saturated carbocycles. The molecule has 2 atom stereocenters. The van der Waals surface area contributed by atoms with Crippen LogP contribution in [0.5, 0.6) is 0 Å². The van der Waals surface area contributed by atoms with E-state index < -0.39 is 5.97 Å². The summed E-state index contributed by atoms with van der Waals surface area (Å²) < 4.78 is 0. The van der Waals surface area contributed by atoms with Gasteiger partial charge in [-0.15, -0.1) is 0 Å². The number of nitrogens with one attached hydrogen (secondary N) is 1. The lowest BCUT2D eigenvalue weighted by Crippen LogP contribution is -2.28. The van der Waals surface area contributed by atoms with E-state index in [1.165, 1.54) is 38.5 Å². The van der Waals surface area contributed by atoms with Gasteiger partial charge in [0.2, 0.25) is 0 Å². The van der Waals surface area contributed by atoms with Gasteiger partial charge in [-0.05, 0) is 62.1 Å². The molecule has 20 heavy (non-hydrogen) atoms. The van der Waals surface area contributed by atoms with Crippen molar-refractivity contribution in [2.24, 2.45) is 11.8 Å². The first kappa shape index (κ1) is 13.5. The van der Waals surface area contributed by atoms with Crippen LogP contribution in [-0.2, 0) is 0 Å². The Morgan fingerprint density at radius 3 is 2.70 bits per heavy atom. The van der Waals surface area contributed by atoms with Gasteiger partial charge >= 0.3 is 5.97 Å². The number of benzene rings is 1.